The van der Waals surface area contributed by atoms with Crippen molar-refractivity contribution >= 4 is 41.6 Å². The molecule has 0 saturated heterocycles. The van der Waals surface area contributed by atoms with Crippen LogP contribution in [0.25, 0.3) is 83.3 Å². The molecule has 62 heavy (non-hydrogen) atoms. The standard InChI is InChI=1S/C61H48Si/c1-60(2)52-20-12-10-16-42(52)44-27-25-40(31-54(44)60)58-47-18-8-9-19-48(47)59(41-26-28-45-43-17-11-13-21-53(43)61(3,4)55(45)32-41)51-35-57-49(34-50(51)58)46-29-24-39(33-56(46)62(57)5)38-23-22-36-14-6-7-15-37(36)30-38/h6-33,35,49,62H,34H2,1-5H3. The Hall–Kier alpha value is -6.54. The van der Waals surface area contributed by atoms with Crippen LogP contribution in [0.5, 0.6) is 0 Å². The average Bonchev–Trinajstić information content (AvgIpc) is 3.81. The molecule has 1 heteroatoms. The molecule has 3 aliphatic carbocycles. The second-order valence-corrected chi connectivity index (χ2v) is 22.3. The van der Waals surface area contributed by atoms with Crippen LogP contribution in [0.3, 0.4) is 0 Å². The molecule has 2 unspecified atom stereocenters. The van der Waals surface area contributed by atoms with Crippen molar-refractivity contribution in [2.45, 2.75) is 57.4 Å². The van der Waals surface area contributed by atoms with Crippen LogP contribution in [0, 0.1) is 0 Å². The van der Waals surface area contributed by atoms with Crippen molar-refractivity contribution in [2.24, 2.45) is 0 Å². The highest BCUT2D eigenvalue weighted by molar-refractivity contribution is 6.81. The maximum absolute atomic E-state index is 2.71. The molecular weight excluding hydrogens is 761 g/mol. The molecule has 9 aromatic rings. The third kappa shape index (κ3) is 4.89. The predicted molar refractivity (Wildman–Crippen MR) is 266 cm³/mol. The maximum atomic E-state index is 2.71. The lowest BCUT2D eigenvalue weighted by atomic mass is 9.74. The molecule has 0 radical (unpaired) electrons. The van der Waals surface area contributed by atoms with Crippen molar-refractivity contribution in [1.29, 1.82) is 0 Å². The first-order valence-electron chi connectivity index (χ1n) is 22.6. The van der Waals surface area contributed by atoms with E-state index in [-0.39, 0.29) is 10.8 Å². The SMILES string of the molecule is C[SiH]1C2=Cc3c(c(-c4ccc5c(c4)C(C)(C)c4ccccc4-5)c4ccccc4c3-c3ccc4c(c3)C(C)(C)c3ccccc3-4)CC2c2ccc(-c3ccc4ccccc4c3)cc21. The third-order valence-corrected chi connectivity index (χ3v) is 18.7. The lowest BCUT2D eigenvalue weighted by Crippen LogP contribution is -2.25. The van der Waals surface area contributed by atoms with Gasteiger partial charge in [-0.15, -0.1) is 0 Å². The van der Waals surface area contributed by atoms with Gasteiger partial charge in [-0.05, 0) is 141 Å². The van der Waals surface area contributed by atoms with Gasteiger partial charge in [-0.2, -0.15) is 0 Å². The Morgan fingerprint density at radius 3 is 1.65 bits per heavy atom. The fraction of sp³-hybridized carbons (Fsp3) is 0.148. The number of rotatable bonds is 3. The van der Waals surface area contributed by atoms with Crippen molar-refractivity contribution in [3.8, 4) is 55.6 Å². The van der Waals surface area contributed by atoms with Gasteiger partial charge in [0.15, 0.2) is 0 Å². The fourth-order valence-electron chi connectivity index (χ4n) is 12.5. The van der Waals surface area contributed by atoms with E-state index in [9.17, 15) is 0 Å². The summed E-state index contributed by atoms with van der Waals surface area (Å²) in [5.41, 5.74) is 23.6. The van der Waals surface area contributed by atoms with Crippen molar-refractivity contribution in [2.75, 3.05) is 0 Å². The van der Waals surface area contributed by atoms with E-state index in [1.165, 1.54) is 111 Å². The molecule has 0 spiro atoms. The second kappa shape index (κ2) is 12.8. The lowest BCUT2D eigenvalue weighted by Gasteiger charge is -2.30. The Labute approximate surface area is 366 Å². The van der Waals surface area contributed by atoms with E-state index in [0.29, 0.717) is 5.92 Å². The Morgan fingerprint density at radius 2 is 0.968 bits per heavy atom. The van der Waals surface area contributed by atoms with Crippen LogP contribution in [0.1, 0.15) is 72.6 Å². The molecule has 0 aromatic heterocycles. The highest BCUT2D eigenvalue weighted by Crippen LogP contribution is 2.55. The summed E-state index contributed by atoms with van der Waals surface area (Å²) in [7, 11) is -1.49. The minimum Gasteiger partial charge on any atom is -0.0708 e. The summed E-state index contributed by atoms with van der Waals surface area (Å²) >= 11 is 0. The largest absolute Gasteiger partial charge is 0.0959 e. The summed E-state index contributed by atoms with van der Waals surface area (Å²) in [6.45, 7) is 12.2. The molecule has 0 amide bonds. The molecule has 4 aliphatic rings. The number of allylic oxidation sites excluding steroid dienone is 1. The summed E-state index contributed by atoms with van der Waals surface area (Å²) < 4.78 is 0. The van der Waals surface area contributed by atoms with E-state index in [1.807, 2.05) is 0 Å². The van der Waals surface area contributed by atoms with E-state index in [1.54, 1.807) is 15.9 Å². The first kappa shape index (κ1) is 36.1. The van der Waals surface area contributed by atoms with Gasteiger partial charge in [0, 0.05) is 16.7 Å². The van der Waals surface area contributed by atoms with Gasteiger partial charge in [-0.1, -0.05) is 202 Å². The quantitative estimate of drug-likeness (QED) is 0.156. The van der Waals surface area contributed by atoms with Crippen LogP contribution in [0.2, 0.25) is 6.55 Å². The Kier molecular flexibility index (Phi) is 7.44. The van der Waals surface area contributed by atoms with Gasteiger partial charge < -0.3 is 0 Å². The first-order chi connectivity index (χ1) is 30.2. The maximum Gasteiger partial charge on any atom is 0.0959 e. The second-order valence-electron chi connectivity index (χ2n) is 19.6. The monoisotopic (exact) mass is 808 g/mol. The summed E-state index contributed by atoms with van der Waals surface area (Å²) in [4.78, 5) is 0. The molecule has 2 atom stereocenters. The topological polar surface area (TPSA) is 0 Å². The highest BCUT2D eigenvalue weighted by atomic mass is 28.3. The minimum absolute atomic E-state index is 0.0756. The minimum atomic E-state index is -1.49. The molecule has 0 nitrogen and oxygen atoms in total. The van der Waals surface area contributed by atoms with Gasteiger partial charge in [0.1, 0.15) is 0 Å². The lowest BCUT2D eigenvalue weighted by molar-refractivity contribution is 0.660. The van der Waals surface area contributed by atoms with Crippen LogP contribution < -0.4 is 5.19 Å². The summed E-state index contributed by atoms with van der Waals surface area (Å²) in [5.74, 6) is 0.390. The summed E-state index contributed by atoms with van der Waals surface area (Å²) in [6, 6.07) is 65.4. The fourth-order valence-corrected chi connectivity index (χ4v) is 15.4. The molecule has 1 heterocycles. The van der Waals surface area contributed by atoms with Crippen molar-refractivity contribution in [3.63, 3.8) is 0 Å². The van der Waals surface area contributed by atoms with Crippen molar-refractivity contribution in [1.82, 2.24) is 0 Å². The molecule has 0 fully saturated rings. The highest BCUT2D eigenvalue weighted by Gasteiger charge is 2.41. The van der Waals surface area contributed by atoms with Crippen LogP contribution in [-0.4, -0.2) is 8.80 Å². The van der Waals surface area contributed by atoms with Crippen molar-refractivity contribution in [3.05, 3.63) is 214 Å². The number of hydrogen-bond donors (Lipinski definition) is 0. The zero-order valence-corrected chi connectivity index (χ0v) is 37.3. The Balaban J connectivity index is 1.04. The molecule has 296 valence electrons. The van der Waals surface area contributed by atoms with E-state index in [4.69, 9.17) is 0 Å². The smallest absolute Gasteiger partial charge is 0.0708 e. The first-order valence-corrected chi connectivity index (χ1v) is 24.9. The number of fused-ring (bicyclic) bond motifs is 12. The molecule has 0 bridgehead atoms. The predicted octanol–water partition coefficient (Wildman–Crippen LogP) is 14.9. The zero-order valence-electron chi connectivity index (χ0n) is 36.1. The van der Waals surface area contributed by atoms with Gasteiger partial charge >= 0.3 is 0 Å². The third-order valence-electron chi connectivity index (χ3n) is 15.7. The summed E-state index contributed by atoms with van der Waals surface area (Å²) in [5, 5.41) is 8.58. The molecule has 13 rings (SSSR count). The van der Waals surface area contributed by atoms with Crippen LogP contribution in [-0.2, 0) is 17.3 Å². The normalized spacial score (nSPS) is 18.0. The van der Waals surface area contributed by atoms with E-state index < -0.39 is 8.80 Å². The van der Waals surface area contributed by atoms with Gasteiger partial charge in [0.05, 0.1) is 8.80 Å². The van der Waals surface area contributed by atoms with E-state index in [0.717, 1.165) is 6.42 Å². The van der Waals surface area contributed by atoms with Gasteiger partial charge in [-0.25, -0.2) is 0 Å². The number of benzene rings is 9. The summed E-state index contributed by atoms with van der Waals surface area (Å²) in [6.07, 6.45) is 3.72. The molecule has 0 saturated carbocycles. The van der Waals surface area contributed by atoms with Gasteiger partial charge in [-0.3, -0.25) is 0 Å². The van der Waals surface area contributed by atoms with E-state index in [2.05, 4.69) is 210 Å². The molecule has 9 aromatic carbocycles. The van der Waals surface area contributed by atoms with Crippen LogP contribution in [0.4, 0.5) is 0 Å². The van der Waals surface area contributed by atoms with E-state index >= 15 is 0 Å². The molecular formula is C61H48Si. The number of hydrogen-bond acceptors (Lipinski definition) is 0. The molecule has 0 N–H and O–H groups in total. The zero-order chi connectivity index (χ0) is 41.6. The Bertz CT molecular complexity index is 3460. The Morgan fingerprint density at radius 1 is 0.452 bits per heavy atom. The van der Waals surface area contributed by atoms with Gasteiger partial charge in [0.2, 0.25) is 0 Å². The van der Waals surface area contributed by atoms with Crippen molar-refractivity contribution < 1.29 is 0 Å². The van der Waals surface area contributed by atoms with Crippen LogP contribution in [0.15, 0.2) is 175 Å². The molecule has 1 aliphatic heterocycles. The van der Waals surface area contributed by atoms with Gasteiger partial charge in [0.25, 0.3) is 0 Å². The van der Waals surface area contributed by atoms with Crippen LogP contribution >= 0.6 is 0 Å². The average molecular weight is 809 g/mol.